The highest BCUT2D eigenvalue weighted by molar-refractivity contribution is 5.94. The van der Waals surface area contributed by atoms with Gasteiger partial charge >= 0.3 is 0 Å². The van der Waals surface area contributed by atoms with Crippen LogP contribution in [0.5, 0.6) is 0 Å². The summed E-state index contributed by atoms with van der Waals surface area (Å²) < 4.78 is 0. The average Bonchev–Trinajstić information content (AvgIpc) is 2.39. The lowest BCUT2D eigenvalue weighted by molar-refractivity contribution is 0.0791. The Morgan fingerprint density at radius 1 is 1.22 bits per heavy atom. The van der Waals surface area contributed by atoms with Crippen molar-refractivity contribution in [2.45, 2.75) is 6.42 Å². The van der Waals surface area contributed by atoms with Gasteiger partial charge in [-0.05, 0) is 17.7 Å². The van der Waals surface area contributed by atoms with E-state index in [2.05, 4.69) is 19.2 Å². The first-order valence-electron chi connectivity index (χ1n) is 5.70. The van der Waals surface area contributed by atoms with Crippen LogP contribution in [0, 0.1) is 11.3 Å². The third-order valence-corrected chi connectivity index (χ3v) is 2.47. The highest BCUT2D eigenvalue weighted by atomic mass is 16.2. The quantitative estimate of drug-likeness (QED) is 0.717. The van der Waals surface area contributed by atoms with Crippen LogP contribution < -0.4 is 0 Å². The molecule has 0 fully saturated rings. The van der Waals surface area contributed by atoms with Crippen molar-refractivity contribution in [1.82, 2.24) is 4.90 Å². The summed E-state index contributed by atoms with van der Waals surface area (Å²) in [5, 5.41) is 8.58. The minimum absolute atomic E-state index is 0.0571. The molecule has 0 aliphatic heterocycles. The van der Waals surface area contributed by atoms with Crippen molar-refractivity contribution >= 4 is 5.91 Å². The molecule has 0 bridgehead atoms. The molecule has 1 amide bonds. The summed E-state index contributed by atoms with van der Waals surface area (Å²) in [6.07, 6.45) is 3.73. The van der Waals surface area contributed by atoms with Gasteiger partial charge in [-0.3, -0.25) is 4.79 Å². The van der Waals surface area contributed by atoms with Gasteiger partial charge in [0, 0.05) is 18.7 Å². The normalized spacial score (nSPS) is 9.28. The topological polar surface area (TPSA) is 44.1 Å². The molecule has 0 saturated carbocycles. The van der Waals surface area contributed by atoms with Crippen LogP contribution in [0.25, 0.3) is 0 Å². The summed E-state index contributed by atoms with van der Waals surface area (Å²) in [6, 6.07) is 9.17. The van der Waals surface area contributed by atoms with Gasteiger partial charge in [-0.25, -0.2) is 0 Å². The van der Waals surface area contributed by atoms with Crippen molar-refractivity contribution in [2.24, 2.45) is 0 Å². The number of carbonyl (C=O) groups excluding carboxylic acids is 1. The summed E-state index contributed by atoms with van der Waals surface area (Å²) in [7, 11) is 0. The van der Waals surface area contributed by atoms with Crippen molar-refractivity contribution in [3.63, 3.8) is 0 Å². The maximum Gasteiger partial charge on any atom is 0.254 e. The van der Waals surface area contributed by atoms with Gasteiger partial charge in [0.1, 0.15) is 0 Å². The second kappa shape index (κ2) is 7.08. The maximum absolute atomic E-state index is 12.2. The van der Waals surface area contributed by atoms with Crippen LogP contribution in [0.15, 0.2) is 49.6 Å². The monoisotopic (exact) mass is 240 g/mol. The zero-order valence-corrected chi connectivity index (χ0v) is 10.3. The lowest BCUT2D eigenvalue weighted by atomic mass is 10.1. The van der Waals surface area contributed by atoms with Gasteiger partial charge in [-0.1, -0.05) is 24.3 Å². The molecule has 0 spiro atoms. The highest BCUT2D eigenvalue weighted by Crippen LogP contribution is 2.08. The molecule has 1 aromatic rings. The zero-order chi connectivity index (χ0) is 13.4. The molecule has 0 saturated heterocycles. The Labute approximate surface area is 108 Å². The Morgan fingerprint density at radius 2 is 1.78 bits per heavy atom. The van der Waals surface area contributed by atoms with E-state index in [1.54, 1.807) is 41.3 Å². The van der Waals surface area contributed by atoms with E-state index in [0.29, 0.717) is 25.1 Å². The van der Waals surface area contributed by atoms with Crippen LogP contribution >= 0.6 is 0 Å². The van der Waals surface area contributed by atoms with Crippen LogP contribution in [0.3, 0.4) is 0 Å². The molecule has 3 nitrogen and oxygen atoms in total. The molecule has 1 rings (SSSR count). The molecule has 3 heteroatoms. The fourth-order valence-corrected chi connectivity index (χ4v) is 1.59. The second-order valence-electron chi connectivity index (χ2n) is 3.82. The number of rotatable bonds is 6. The number of benzene rings is 1. The SMILES string of the molecule is C=CCN(CC=C)C(=O)c1ccc(CC#N)cc1. The first-order valence-corrected chi connectivity index (χ1v) is 5.70. The Balaban J connectivity index is 2.84. The second-order valence-corrected chi connectivity index (χ2v) is 3.82. The molecule has 0 heterocycles. The lowest BCUT2D eigenvalue weighted by Gasteiger charge is -2.19. The first-order chi connectivity index (χ1) is 8.72. The summed E-state index contributed by atoms with van der Waals surface area (Å²) in [5.41, 5.74) is 1.52. The number of amides is 1. The predicted molar refractivity (Wildman–Crippen MR) is 72.1 cm³/mol. The largest absolute Gasteiger partial charge is 0.331 e. The van der Waals surface area contributed by atoms with Gasteiger partial charge in [0.25, 0.3) is 5.91 Å². The smallest absolute Gasteiger partial charge is 0.254 e. The fourth-order valence-electron chi connectivity index (χ4n) is 1.59. The predicted octanol–water partition coefficient (Wildman–Crippen LogP) is 2.57. The van der Waals surface area contributed by atoms with E-state index in [0.717, 1.165) is 5.56 Å². The molecule has 0 aliphatic rings. The maximum atomic E-state index is 12.2. The molecule has 92 valence electrons. The molecule has 0 aliphatic carbocycles. The van der Waals surface area contributed by atoms with Gasteiger partial charge in [0.05, 0.1) is 12.5 Å². The lowest BCUT2D eigenvalue weighted by Crippen LogP contribution is -2.31. The third kappa shape index (κ3) is 3.60. The Morgan fingerprint density at radius 3 is 2.22 bits per heavy atom. The summed E-state index contributed by atoms with van der Waals surface area (Å²) >= 11 is 0. The van der Waals surface area contributed by atoms with Gasteiger partial charge in [-0.15, -0.1) is 13.2 Å². The van der Waals surface area contributed by atoms with Crippen LogP contribution in [0.2, 0.25) is 0 Å². The zero-order valence-electron chi connectivity index (χ0n) is 10.3. The molecule has 0 unspecified atom stereocenters. The van der Waals surface area contributed by atoms with Gasteiger partial charge in [-0.2, -0.15) is 5.26 Å². The van der Waals surface area contributed by atoms with E-state index in [1.165, 1.54) is 0 Å². The minimum Gasteiger partial charge on any atom is -0.331 e. The number of carbonyl (C=O) groups is 1. The van der Waals surface area contributed by atoms with E-state index in [9.17, 15) is 4.79 Å². The van der Waals surface area contributed by atoms with Crippen molar-refractivity contribution in [1.29, 1.82) is 5.26 Å². The number of hydrogen-bond donors (Lipinski definition) is 0. The van der Waals surface area contributed by atoms with Gasteiger partial charge in [0.15, 0.2) is 0 Å². The van der Waals surface area contributed by atoms with Gasteiger partial charge in [0.2, 0.25) is 0 Å². The summed E-state index contributed by atoms with van der Waals surface area (Å²) in [4.78, 5) is 13.8. The summed E-state index contributed by atoms with van der Waals surface area (Å²) in [5.74, 6) is -0.0571. The van der Waals surface area contributed by atoms with E-state index in [-0.39, 0.29) is 5.91 Å². The molecule has 18 heavy (non-hydrogen) atoms. The van der Waals surface area contributed by atoms with Crippen LogP contribution in [-0.2, 0) is 6.42 Å². The van der Waals surface area contributed by atoms with E-state index in [4.69, 9.17) is 5.26 Å². The summed E-state index contributed by atoms with van der Waals surface area (Å²) in [6.45, 7) is 8.25. The van der Waals surface area contributed by atoms with Crippen molar-refractivity contribution in [3.8, 4) is 6.07 Å². The molecule has 0 N–H and O–H groups in total. The van der Waals surface area contributed by atoms with E-state index < -0.39 is 0 Å². The van der Waals surface area contributed by atoms with Crippen molar-refractivity contribution in [3.05, 3.63) is 60.7 Å². The third-order valence-electron chi connectivity index (χ3n) is 2.47. The molecule has 0 aromatic heterocycles. The van der Waals surface area contributed by atoms with Crippen molar-refractivity contribution < 1.29 is 4.79 Å². The molecular weight excluding hydrogens is 224 g/mol. The molecule has 0 atom stereocenters. The average molecular weight is 240 g/mol. The van der Waals surface area contributed by atoms with Crippen LogP contribution in [0.4, 0.5) is 0 Å². The Kier molecular flexibility index (Phi) is 5.40. The van der Waals surface area contributed by atoms with Crippen LogP contribution in [0.1, 0.15) is 15.9 Å². The van der Waals surface area contributed by atoms with Crippen LogP contribution in [-0.4, -0.2) is 23.9 Å². The van der Waals surface area contributed by atoms with Crippen molar-refractivity contribution in [2.75, 3.05) is 13.1 Å². The standard InChI is InChI=1S/C15H16N2O/c1-3-11-17(12-4-2)15(18)14-7-5-13(6-8-14)9-10-16/h3-8H,1-2,9,11-12H2. The number of hydrogen-bond acceptors (Lipinski definition) is 2. The molecule has 0 radical (unpaired) electrons. The number of nitriles is 1. The van der Waals surface area contributed by atoms with Gasteiger partial charge < -0.3 is 4.90 Å². The minimum atomic E-state index is -0.0571. The van der Waals surface area contributed by atoms with E-state index in [1.807, 2.05) is 0 Å². The first kappa shape index (κ1) is 13.7. The molecular formula is C15H16N2O. The Bertz CT molecular complexity index is 458. The Hall–Kier alpha value is -2.34. The fraction of sp³-hybridized carbons (Fsp3) is 0.200. The highest BCUT2D eigenvalue weighted by Gasteiger charge is 2.12. The molecule has 1 aromatic carbocycles. The van der Waals surface area contributed by atoms with E-state index >= 15 is 0 Å². The number of nitrogens with zero attached hydrogens (tertiary/aromatic N) is 2.